The lowest BCUT2D eigenvalue weighted by Crippen LogP contribution is -2.44. The van der Waals surface area contributed by atoms with Gasteiger partial charge in [-0.1, -0.05) is 48.9 Å². The van der Waals surface area contributed by atoms with Gasteiger partial charge in [0, 0.05) is 12.2 Å². The van der Waals surface area contributed by atoms with Gasteiger partial charge in [0.05, 0.1) is 18.1 Å². The van der Waals surface area contributed by atoms with E-state index in [-0.39, 0.29) is 18.1 Å². The number of carbonyl (C=O) groups excluding carboxylic acids is 1. The maximum absolute atomic E-state index is 13.2. The molecule has 1 aliphatic heterocycles. The lowest BCUT2D eigenvalue weighted by Gasteiger charge is -2.32. The second kappa shape index (κ2) is 10.0. The number of hydrogen-bond acceptors (Lipinski definition) is 6. The molecule has 1 aliphatic rings. The Bertz CT molecular complexity index is 1350. The van der Waals surface area contributed by atoms with Gasteiger partial charge in [-0.05, 0) is 49.1 Å². The van der Waals surface area contributed by atoms with Gasteiger partial charge in [0.1, 0.15) is 6.04 Å². The van der Waals surface area contributed by atoms with Crippen molar-refractivity contribution >= 4 is 27.6 Å². The molecule has 1 fully saturated rings. The molecule has 0 saturated carbocycles. The number of nitrogens with one attached hydrogen (secondary N) is 1. The fourth-order valence-corrected chi connectivity index (χ4v) is 5.53. The Morgan fingerprint density at radius 2 is 1.86 bits per heavy atom. The van der Waals surface area contributed by atoms with Crippen molar-refractivity contribution in [2.75, 3.05) is 18.1 Å². The van der Waals surface area contributed by atoms with Gasteiger partial charge in [-0.15, -0.1) is 0 Å². The highest BCUT2D eigenvalue weighted by atomic mass is 32.2. The minimum absolute atomic E-state index is 0.0623. The molecule has 9 nitrogen and oxygen atoms in total. The van der Waals surface area contributed by atoms with Crippen molar-refractivity contribution < 1.29 is 23.1 Å². The number of aliphatic carboxylic acids is 1. The Morgan fingerprint density at radius 1 is 1.11 bits per heavy atom. The number of likely N-dealkylation sites (tertiary alicyclic amines) is 1. The number of piperidine rings is 1. The van der Waals surface area contributed by atoms with E-state index in [1.54, 1.807) is 11.0 Å². The Labute approximate surface area is 204 Å². The number of carboxylic acids is 1. The Morgan fingerprint density at radius 3 is 2.54 bits per heavy atom. The van der Waals surface area contributed by atoms with E-state index in [2.05, 4.69) is 10.3 Å². The molecule has 0 spiro atoms. The third-order valence-corrected chi connectivity index (χ3v) is 7.33. The number of hydrogen-bond donors (Lipinski definition) is 2. The van der Waals surface area contributed by atoms with Crippen LogP contribution < -0.4 is 5.32 Å². The predicted molar refractivity (Wildman–Crippen MR) is 133 cm³/mol. The highest BCUT2D eigenvalue weighted by molar-refractivity contribution is 7.89. The van der Waals surface area contributed by atoms with E-state index in [4.69, 9.17) is 0 Å². The number of benzene rings is 2. The van der Waals surface area contributed by atoms with Crippen molar-refractivity contribution in [1.29, 1.82) is 0 Å². The van der Waals surface area contributed by atoms with Crippen LogP contribution in [-0.2, 0) is 21.4 Å². The summed E-state index contributed by atoms with van der Waals surface area (Å²) in [7, 11) is -3.89. The molecule has 10 heteroatoms. The molecule has 1 amide bonds. The van der Waals surface area contributed by atoms with Crippen molar-refractivity contribution in [3.63, 3.8) is 0 Å². The molecule has 0 unspecified atom stereocenters. The Balaban J connectivity index is 1.64. The van der Waals surface area contributed by atoms with Gasteiger partial charge in [-0.2, -0.15) is 0 Å². The SMILES string of the molecule is Cc1c(NC(=O)c2ncc(CN3CCCC[C@H]3C(=O)O)n2S(C)(=O)=O)cccc1-c1ccccc1. The number of carboxylic acid groups (broad SMARTS) is 1. The highest BCUT2D eigenvalue weighted by Crippen LogP contribution is 2.29. The first-order chi connectivity index (χ1) is 16.7. The third kappa shape index (κ3) is 5.28. The molecule has 4 rings (SSSR count). The summed E-state index contributed by atoms with van der Waals surface area (Å²) in [4.78, 5) is 30.7. The van der Waals surface area contributed by atoms with E-state index in [1.807, 2.05) is 49.4 Å². The molecule has 1 atom stereocenters. The Hall–Kier alpha value is -3.50. The normalized spacial score (nSPS) is 16.7. The van der Waals surface area contributed by atoms with E-state index in [1.165, 1.54) is 6.20 Å². The minimum Gasteiger partial charge on any atom is -0.480 e. The van der Waals surface area contributed by atoms with Crippen molar-refractivity contribution in [1.82, 2.24) is 13.9 Å². The van der Waals surface area contributed by atoms with Crippen molar-refractivity contribution in [2.24, 2.45) is 0 Å². The molecule has 2 aromatic carbocycles. The number of nitrogens with zero attached hydrogens (tertiary/aromatic N) is 3. The van der Waals surface area contributed by atoms with Crippen LogP contribution in [0.25, 0.3) is 11.1 Å². The van der Waals surface area contributed by atoms with Gasteiger partial charge in [0.2, 0.25) is 15.8 Å². The summed E-state index contributed by atoms with van der Waals surface area (Å²) in [5.41, 5.74) is 3.57. The molecule has 0 radical (unpaired) electrons. The summed E-state index contributed by atoms with van der Waals surface area (Å²) in [6, 6.07) is 14.6. The van der Waals surface area contributed by atoms with Gasteiger partial charge in [0.15, 0.2) is 0 Å². The summed E-state index contributed by atoms with van der Waals surface area (Å²) in [6.07, 6.45) is 4.44. The number of aromatic nitrogens is 2. The fraction of sp³-hybridized carbons (Fsp3) is 0.320. The van der Waals surface area contributed by atoms with Crippen LogP contribution in [0.15, 0.2) is 54.7 Å². The lowest BCUT2D eigenvalue weighted by atomic mass is 9.99. The monoisotopic (exact) mass is 496 g/mol. The molecule has 184 valence electrons. The first kappa shape index (κ1) is 24.6. The second-order valence-electron chi connectivity index (χ2n) is 8.72. The molecule has 2 N–H and O–H groups in total. The molecule has 1 saturated heterocycles. The number of rotatable bonds is 7. The van der Waals surface area contributed by atoms with Crippen LogP contribution in [0.4, 0.5) is 5.69 Å². The lowest BCUT2D eigenvalue weighted by molar-refractivity contribution is -0.144. The standard InChI is InChI=1S/C25H28N4O5S/c1-17-20(18-9-4-3-5-10-18)11-8-12-21(17)27-24(30)23-26-15-19(29(23)35(2,33)34)16-28-14-7-6-13-22(28)25(31)32/h3-5,8-12,15,22H,6-7,13-14,16H2,1-2H3,(H,27,30)(H,31,32)/t22-/m0/s1. The number of carbonyl (C=O) groups is 2. The second-order valence-corrected chi connectivity index (χ2v) is 10.6. The van der Waals surface area contributed by atoms with E-state index in [0.29, 0.717) is 18.7 Å². The number of anilines is 1. The quantitative estimate of drug-likeness (QED) is 0.514. The van der Waals surface area contributed by atoms with Crippen LogP contribution in [0.5, 0.6) is 0 Å². The minimum atomic E-state index is -3.89. The zero-order valence-electron chi connectivity index (χ0n) is 19.6. The van der Waals surface area contributed by atoms with Crippen LogP contribution in [0.1, 0.15) is 41.1 Å². The van der Waals surface area contributed by atoms with Crippen molar-refractivity contribution in [3.8, 4) is 11.1 Å². The van der Waals surface area contributed by atoms with Crippen LogP contribution in [0, 0.1) is 6.92 Å². The first-order valence-electron chi connectivity index (χ1n) is 11.4. The smallest absolute Gasteiger partial charge is 0.320 e. The van der Waals surface area contributed by atoms with Gasteiger partial charge in [-0.3, -0.25) is 14.5 Å². The molecule has 1 aromatic heterocycles. The summed E-state index contributed by atoms with van der Waals surface area (Å²) in [6.45, 7) is 2.47. The average molecular weight is 497 g/mol. The number of imidazole rings is 1. The summed E-state index contributed by atoms with van der Waals surface area (Å²) < 4.78 is 26.2. The molecule has 0 bridgehead atoms. The molecular weight excluding hydrogens is 468 g/mol. The van der Waals surface area contributed by atoms with Gasteiger partial charge >= 0.3 is 5.97 Å². The first-order valence-corrected chi connectivity index (χ1v) is 13.2. The zero-order chi connectivity index (χ0) is 25.2. The molecular formula is C25H28N4O5S. The zero-order valence-corrected chi connectivity index (χ0v) is 20.5. The van der Waals surface area contributed by atoms with Gasteiger partial charge in [0.25, 0.3) is 5.91 Å². The average Bonchev–Trinajstić information content (AvgIpc) is 3.25. The summed E-state index contributed by atoms with van der Waals surface area (Å²) >= 11 is 0. The van der Waals surface area contributed by atoms with Crippen LogP contribution in [0.3, 0.4) is 0 Å². The topological polar surface area (TPSA) is 122 Å². The van der Waals surface area contributed by atoms with Crippen LogP contribution in [-0.4, -0.2) is 58.1 Å². The van der Waals surface area contributed by atoms with Gasteiger partial charge < -0.3 is 10.4 Å². The maximum atomic E-state index is 13.2. The van der Waals surface area contributed by atoms with Crippen LogP contribution in [0.2, 0.25) is 0 Å². The fourth-order valence-electron chi connectivity index (χ4n) is 4.55. The molecule has 0 aliphatic carbocycles. The maximum Gasteiger partial charge on any atom is 0.320 e. The molecule has 3 aromatic rings. The Kier molecular flexibility index (Phi) is 7.04. The summed E-state index contributed by atoms with van der Waals surface area (Å²) in [5, 5.41) is 12.4. The van der Waals surface area contributed by atoms with Crippen molar-refractivity contribution in [3.05, 3.63) is 71.8 Å². The molecule has 35 heavy (non-hydrogen) atoms. The highest BCUT2D eigenvalue weighted by Gasteiger charge is 2.31. The van der Waals surface area contributed by atoms with Crippen LogP contribution >= 0.6 is 0 Å². The van der Waals surface area contributed by atoms with E-state index in [0.717, 1.165) is 39.8 Å². The van der Waals surface area contributed by atoms with E-state index >= 15 is 0 Å². The number of amides is 1. The largest absolute Gasteiger partial charge is 0.480 e. The van der Waals surface area contributed by atoms with Crippen molar-refractivity contribution in [2.45, 2.75) is 38.8 Å². The van der Waals surface area contributed by atoms with Gasteiger partial charge in [-0.25, -0.2) is 17.4 Å². The third-order valence-electron chi connectivity index (χ3n) is 6.25. The van der Waals surface area contributed by atoms with E-state index < -0.39 is 27.9 Å². The predicted octanol–water partition coefficient (Wildman–Crippen LogP) is 3.36. The van der Waals surface area contributed by atoms with E-state index in [9.17, 15) is 23.1 Å². The summed E-state index contributed by atoms with van der Waals surface area (Å²) in [5.74, 6) is -1.87. The molecule has 2 heterocycles.